The first-order valence-corrected chi connectivity index (χ1v) is 9.37. The minimum absolute atomic E-state index is 0.173. The summed E-state index contributed by atoms with van der Waals surface area (Å²) in [7, 11) is 0. The van der Waals surface area contributed by atoms with Gasteiger partial charge in [-0.2, -0.15) is 11.8 Å². The molecule has 1 N–H and O–H groups in total. The highest BCUT2D eigenvalue weighted by Gasteiger charge is 2.38. The fourth-order valence-corrected chi connectivity index (χ4v) is 5.01. The van der Waals surface area contributed by atoms with E-state index in [4.69, 9.17) is 4.74 Å². The lowest BCUT2D eigenvalue weighted by molar-refractivity contribution is -0.0940. The molecule has 2 aliphatic heterocycles. The summed E-state index contributed by atoms with van der Waals surface area (Å²) in [6.45, 7) is 5.42. The van der Waals surface area contributed by atoms with Gasteiger partial charge in [0.25, 0.3) is 0 Å². The average molecular weight is 305 g/mol. The molecule has 2 nitrogen and oxygen atoms in total. The molecule has 2 fully saturated rings. The summed E-state index contributed by atoms with van der Waals surface area (Å²) in [5, 5.41) is 3.86. The number of hydrogen-bond donors (Lipinski definition) is 1. The highest BCUT2D eigenvalue weighted by atomic mass is 32.2. The van der Waals surface area contributed by atoms with Gasteiger partial charge in [0.15, 0.2) is 0 Å². The Hall–Kier alpha value is -0.510. The van der Waals surface area contributed by atoms with E-state index < -0.39 is 0 Å². The highest BCUT2D eigenvalue weighted by Crippen LogP contribution is 2.38. The quantitative estimate of drug-likeness (QED) is 0.909. The molecule has 21 heavy (non-hydrogen) atoms. The van der Waals surface area contributed by atoms with E-state index in [1.807, 2.05) is 0 Å². The van der Waals surface area contributed by atoms with Crippen LogP contribution in [-0.4, -0.2) is 29.8 Å². The maximum Gasteiger partial charge on any atom is 0.0713 e. The molecule has 1 aromatic carbocycles. The van der Waals surface area contributed by atoms with Crippen LogP contribution in [0.25, 0.3) is 0 Å². The van der Waals surface area contributed by atoms with Crippen LogP contribution in [0.2, 0.25) is 0 Å². The van der Waals surface area contributed by atoms with Crippen molar-refractivity contribution in [3.05, 3.63) is 35.4 Å². The maximum atomic E-state index is 6.19. The van der Waals surface area contributed by atoms with Crippen molar-refractivity contribution in [1.29, 1.82) is 0 Å². The number of thioether (sulfide) groups is 1. The number of nitrogens with one attached hydrogen (secondary N) is 1. The van der Waals surface area contributed by atoms with Gasteiger partial charge in [-0.3, -0.25) is 0 Å². The summed E-state index contributed by atoms with van der Waals surface area (Å²) in [6, 6.07) is 9.73. The predicted octanol–water partition coefficient (Wildman–Crippen LogP) is 4.09. The maximum absolute atomic E-state index is 6.19. The van der Waals surface area contributed by atoms with Gasteiger partial charge in [-0.1, -0.05) is 24.3 Å². The third-order valence-corrected chi connectivity index (χ3v) is 6.02. The summed E-state index contributed by atoms with van der Waals surface area (Å²) in [4.78, 5) is 0. The van der Waals surface area contributed by atoms with Gasteiger partial charge in [-0.25, -0.2) is 0 Å². The number of benzene rings is 1. The third-order valence-electron chi connectivity index (χ3n) is 5.04. The van der Waals surface area contributed by atoms with Crippen LogP contribution in [0.5, 0.6) is 0 Å². The minimum Gasteiger partial charge on any atom is -0.375 e. The molecule has 3 rings (SSSR count). The van der Waals surface area contributed by atoms with Crippen molar-refractivity contribution in [1.82, 2.24) is 5.32 Å². The molecule has 3 heteroatoms. The van der Waals surface area contributed by atoms with E-state index in [9.17, 15) is 0 Å². The summed E-state index contributed by atoms with van der Waals surface area (Å²) >= 11 is 2.08. The Labute approximate surface area is 133 Å². The van der Waals surface area contributed by atoms with Gasteiger partial charge < -0.3 is 10.1 Å². The molecule has 2 unspecified atom stereocenters. The Morgan fingerprint density at radius 1 is 1.29 bits per heavy atom. The van der Waals surface area contributed by atoms with Crippen molar-refractivity contribution < 1.29 is 4.74 Å². The molecule has 2 aliphatic rings. The molecule has 0 bridgehead atoms. The first-order chi connectivity index (χ1) is 10.2. The molecule has 2 atom stereocenters. The van der Waals surface area contributed by atoms with E-state index in [0.29, 0.717) is 12.1 Å². The van der Waals surface area contributed by atoms with Crippen molar-refractivity contribution in [3.8, 4) is 0 Å². The predicted molar refractivity (Wildman–Crippen MR) is 91.0 cm³/mol. The lowest BCUT2D eigenvalue weighted by atomic mass is 9.85. The molecule has 1 spiro atoms. The first-order valence-electron chi connectivity index (χ1n) is 8.22. The molecule has 1 aromatic rings. The van der Waals surface area contributed by atoms with Crippen LogP contribution in [0.3, 0.4) is 0 Å². The van der Waals surface area contributed by atoms with Gasteiger partial charge in [0.1, 0.15) is 0 Å². The van der Waals surface area contributed by atoms with Crippen LogP contribution in [0.4, 0.5) is 0 Å². The zero-order chi connectivity index (χ0) is 14.7. The van der Waals surface area contributed by atoms with Crippen molar-refractivity contribution in [3.63, 3.8) is 0 Å². The van der Waals surface area contributed by atoms with E-state index in [-0.39, 0.29) is 5.60 Å². The monoisotopic (exact) mass is 305 g/mol. The van der Waals surface area contributed by atoms with Crippen molar-refractivity contribution >= 4 is 11.8 Å². The Morgan fingerprint density at radius 3 is 2.81 bits per heavy atom. The van der Waals surface area contributed by atoms with Gasteiger partial charge in [0.2, 0.25) is 0 Å². The van der Waals surface area contributed by atoms with Crippen LogP contribution < -0.4 is 5.32 Å². The first kappa shape index (κ1) is 15.4. The summed E-state index contributed by atoms with van der Waals surface area (Å²) in [5.41, 5.74) is 2.98. The molecular formula is C18H27NOS. The number of rotatable bonds is 3. The molecule has 0 aliphatic carbocycles. The largest absolute Gasteiger partial charge is 0.375 e. The summed E-state index contributed by atoms with van der Waals surface area (Å²) < 4.78 is 6.19. The lowest BCUT2D eigenvalue weighted by Crippen LogP contribution is -2.49. The second-order valence-corrected chi connectivity index (χ2v) is 7.80. The van der Waals surface area contributed by atoms with E-state index >= 15 is 0 Å². The highest BCUT2D eigenvalue weighted by molar-refractivity contribution is 7.99. The molecule has 116 valence electrons. The van der Waals surface area contributed by atoms with Crippen LogP contribution in [-0.2, 0) is 4.74 Å². The Morgan fingerprint density at radius 2 is 2.05 bits per heavy atom. The van der Waals surface area contributed by atoms with Crippen molar-refractivity contribution in [2.24, 2.45) is 0 Å². The Bertz CT molecular complexity index is 465. The summed E-state index contributed by atoms with van der Waals surface area (Å²) in [6.07, 6.45) is 4.79. The SMILES string of the molecule is Cc1ccccc1C(C)NC1CCOC2(CCSCC2)C1. The average Bonchev–Trinajstić information content (AvgIpc) is 2.48. The topological polar surface area (TPSA) is 21.3 Å². The van der Waals surface area contributed by atoms with E-state index in [0.717, 1.165) is 13.0 Å². The zero-order valence-electron chi connectivity index (χ0n) is 13.2. The molecule has 0 aromatic heterocycles. The minimum atomic E-state index is 0.173. The van der Waals surface area contributed by atoms with E-state index in [2.05, 4.69) is 55.2 Å². The van der Waals surface area contributed by atoms with Crippen LogP contribution >= 0.6 is 11.8 Å². The molecular weight excluding hydrogens is 278 g/mol. The standard InChI is InChI=1S/C18H27NOS/c1-14-5-3-4-6-17(14)15(2)19-16-7-10-20-18(13-16)8-11-21-12-9-18/h3-6,15-16,19H,7-13H2,1-2H3. The number of aryl methyl sites for hydroxylation is 1. The van der Waals surface area contributed by atoms with Crippen molar-refractivity contribution in [2.45, 2.75) is 57.2 Å². The van der Waals surface area contributed by atoms with Crippen LogP contribution in [0.15, 0.2) is 24.3 Å². The normalized spacial score (nSPS) is 26.7. The zero-order valence-corrected chi connectivity index (χ0v) is 14.0. The lowest BCUT2D eigenvalue weighted by Gasteiger charge is -2.44. The van der Waals surface area contributed by atoms with Crippen LogP contribution in [0.1, 0.15) is 49.8 Å². The van der Waals surface area contributed by atoms with Gasteiger partial charge in [0, 0.05) is 18.7 Å². The molecule has 0 amide bonds. The summed E-state index contributed by atoms with van der Waals surface area (Å²) in [5.74, 6) is 2.53. The number of ether oxygens (including phenoxy) is 1. The second-order valence-electron chi connectivity index (χ2n) is 6.58. The van der Waals surface area contributed by atoms with E-state index in [1.165, 1.54) is 41.9 Å². The van der Waals surface area contributed by atoms with Crippen LogP contribution in [0, 0.1) is 6.92 Å². The molecule has 2 saturated heterocycles. The van der Waals surface area contributed by atoms with Gasteiger partial charge in [0.05, 0.1) is 5.60 Å². The Balaban J connectivity index is 1.63. The van der Waals surface area contributed by atoms with Gasteiger partial charge >= 0.3 is 0 Å². The molecule has 2 heterocycles. The van der Waals surface area contributed by atoms with Gasteiger partial charge in [-0.15, -0.1) is 0 Å². The van der Waals surface area contributed by atoms with E-state index in [1.54, 1.807) is 0 Å². The van der Waals surface area contributed by atoms with Crippen molar-refractivity contribution in [2.75, 3.05) is 18.1 Å². The second kappa shape index (κ2) is 6.72. The molecule has 0 radical (unpaired) electrons. The Kier molecular flexibility index (Phi) is 4.92. The number of hydrogen-bond acceptors (Lipinski definition) is 3. The fraction of sp³-hybridized carbons (Fsp3) is 0.667. The third kappa shape index (κ3) is 3.64. The fourth-order valence-electron chi connectivity index (χ4n) is 3.78. The molecule has 0 saturated carbocycles. The van der Waals surface area contributed by atoms with Gasteiger partial charge in [-0.05, 0) is 62.2 Å². The smallest absolute Gasteiger partial charge is 0.0713 e.